The highest BCUT2D eigenvalue weighted by atomic mass is 32.2. The van der Waals surface area contributed by atoms with Crippen molar-refractivity contribution >= 4 is 44.8 Å². The average Bonchev–Trinajstić information content (AvgIpc) is 3.19. The molecule has 4 bridgehead atoms. The van der Waals surface area contributed by atoms with Gasteiger partial charge in [-0.1, -0.05) is 18.2 Å². The lowest BCUT2D eigenvalue weighted by Gasteiger charge is -2.58. The summed E-state index contributed by atoms with van der Waals surface area (Å²) in [7, 11) is -4.41. The van der Waals surface area contributed by atoms with Gasteiger partial charge in [-0.05, 0) is 117 Å². The van der Waals surface area contributed by atoms with Gasteiger partial charge in [0.25, 0.3) is 21.6 Å². The Morgan fingerprint density at radius 1 is 0.875 bits per heavy atom. The number of carbonyl (C=O) groups excluding carboxylic acids is 1. The Labute approximate surface area is 334 Å². The summed E-state index contributed by atoms with van der Waals surface area (Å²) in [6, 6.07) is 20.6. The van der Waals surface area contributed by atoms with E-state index in [0.29, 0.717) is 24.4 Å². The van der Waals surface area contributed by atoms with Crippen molar-refractivity contribution in [3.05, 3.63) is 88.5 Å². The molecule has 6 fully saturated rings. The van der Waals surface area contributed by atoms with E-state index in [4.69, 9.17) is 4.74 Å². The molecule has 0 radical (unpaired) electrons. The van der Waals surface area contributed by atoms with Crippen LogP contribution in [0.1, 0.15) is 55.3 Å². The highest BCUT2D eigenvalue weighted by Crippen LogP contribution is 2.60. The van der Waals surface area contributed by atoms with E-state index in [-0.39, 0.29) is 27.9 Å². The van der Waals surface area contributed by atoms with Crippen LogP contribution in [0.2, 0.25) is 0 Å². The number of nitrogens with zero attached hydrogens (tertiary/aromatic N) is 4. The van der Waals surface area contributed by atoms with E-state index >= 15 is 0 Å². The first-order chi connectivity index (χ1) is 27.1. The fraction of sp³-hybridized carbons (Fsp3) is 0.548. The van der Waals surface area contributed by atoms with Crippen LogP contribution >= 0.6 is 11.8 Å². The number of ether oxygens (including phenoxy) is 1. The lowest BCUT2D eigenvalue weighted by Crippen LogP contribution is -2.55. The Kier molecular flexibility index (Phi) is 11.9. The Morgan fingerprint density at radius 3 is 2.18 bits per heavy atom. The van der Waals surface area contributed by atoms with Crippen molar-refractivity contribution in [1.82, 2.24) is 14.5 Å². The standard InChI is InChI=1S/C42H54N6O6S2/c49-41(34-6-8-36(9-7-34)47-16-14-46(15-17-47)30-42-26-31-22-32(27-42)24-33(23-31)28-42)44-56(52,53)38-10-11-39(40(25-38)48(50)51)43-35(12-13-45-18-20-54-21-19-45)29-55-37-4-2-1-3-5-37/h1-11,25,31-33,35,43H,12-24,26-30H2,(H,44,49)/t31?,32?,33?,35-,42?/m1/s1. The van der Waals surface area contributed by atoms with Gasteiger partial charge in [-0.2, -0.15) is 0 Å². The van der Waals surface area contributed by atoms with Gasteiger partial charge < -0.3 is 15.0 Å². The minimum Gasteiger partial charge on any atom is -0.379 e. The maximum absolute atomic E-state index is 13.4. The van der Waals surface area contributed by atoms with Gasteiger partial charge in [0, 0.05) is 86.4 Å². The maximum Gasteiger partial charge on any atom is 0.293 e. The third-order valence-corrected chi connectivity index (χ3v) is 15.2. The molecule has 3 aromatic carbocycles. The van der Waals surface area contributed by atoms with E-state index < -0.39 is 20.9 Å². The van der Waals surface area contributed by atoms with Gasteiger partial charge in [0.15, 0.2) is 0 Å². The molecular weight excluding hydrogens is 749 g/mol. The minimum atomic E-state index is -4.41. The number of piperazine rings is 1. The number of anilines is 2. The number of benzene rings is 3. The fourth-order valence-corrected chi connectivity index (χ4v) is 12.4. The molecule has 0 unspecified atom stereocenters. The average molecular weight is 803 g/mol. The molecule has 2 saturated heterocycles. The van der Waals surface area contributed by atoms with Crippen molar-refractivity contribution in [2.45, 2.75) is 60.8 Å². The van der Waals surface area contributed by atoms with Crippen LogP contribution in [-0.4, -0.2) is 106 Å². The first-order valence-electron chi connectivity index (χ1n) is 20.3. The molecule has 56 heavy (non-hydrogen) atoms. The van der Waals surface area contributed by atoms with E-state index in [0.717, 1.165) is 86.6 Å². The molecule has 0 aromatic heterocycles. The van der Waals surface area contributed by atoms with Crippen molar-refractivity contribution in [2.75, 3.05) is 81.5 Å². The van der Waals surface area contributed by atoms with Gasteiger partial charge >= 0.3 is 0 Å². The van der Waals surface area contributed by atoms with Gasteiger partial charge in [-0.25, -0.2) is 13.1 Å². The highest BCUT2D eigenvalue weighted by molar-refractivity contribution is 7.99. The predicted molar refractivity (Wildman–Crippen MR) is 220 cm³/mol. The number of nitrogens with one attached hydrogen (secondary N) is 2. The molecule has 6 aliphatic rings. The maximum atomic E-state index is 13.4. The monoisotopic (exact) mass is 802 g/mol. The van der Waals surface area contributed by atoms with Crippen molar-refractivity contribution in [3.8, 4) is 0 Å². The van der Waals surface area contributed by atoms with Crippen LogP contribution in [0.4, 0.5) is 17.1 Å². The quantitative estimate of drug-likeness (QED) is 0.101. The second kappa shape index (κ2) is 17.0. The summed E-state index contributed by atoms with van der Waals surface area (Å²) in [5.41, 5.74) is 1.59. The van der Waals surface area contributed by atoms with Crippen LogP contribution < -0.4 is 14.9 Å². The van der Waals surface area contributed by atoms with Crippen LogP contribution in [0.15, 0.2) is 82.6 Å². The summed E-state index contributed by atoms with van der Waals surface area (Å²) in [5, 5.41) is 15.6. The molecule has 2 N–H and O–H groups in total. The predicted octanol–water partition coefficient (Wildman–Crippen LogP) is 6.35. The van der Waals surface area contributed by atoms with Gasteiger partial charge in [0.05, 0.1) is 23.0 Å². The van der Waals surface area contributed by atoms with Crippen LogP contribution in [0, 0.1) is 33.3 Å². The molecule has 4 saturated carbocycles. The van der Waals surface area contributed by atoms with E-state index in [1.807, 2.05) is 42.5 Å². The van der Waals surface area contributed by atoms with Gasteiger partial charge in [-0.15, -0.1) is 11.8 Å². The van der Waals surface area contributed by atoms with Crippen molar-refractivity contribution in [2.24, 2.45) is 23.2 Å². The molecule has 2 heterocycles. The molecule has 9 rings (SSSR count). The number of rotatable bonds is 15. The smallest absolute Gasteiger partial charge is 0.293 e. The number of hydrogen-bond donors (Lipinski definition) is 2. The van der Waals surface area contributed by atoms with Crippen molar-refractivity contribution < 1.29 is 22.9 Å². The number of amides is 1. The molecule has 1 amide bonds. The van der Waals surface area contributed by atoms with Gasteiger partial charge in [0.1, 0.15) is 5.69 Å². The molecule has 2 aliphatic heterocycles. The third kappa shape index (κ3) is 9.36. The van der Waals surface area contributed by atoms with Crippen LogP contribution in [-0.2, 0) is 14.8 Å². The Hall–Kier alpha value is -3.69. The number of carbonyl (C=O) groups is 1. The van der Waals surface area contributed by atoms with Gasteiger partial charge in [0.2, 0.25) is 0 Å². The molecule has 14 heteroatoms. The topological polar surface area (TPSA) is 137 Å². The Balaban J connectivity index is 0.873. The number of nitro groups is 1. The lowest BCUT2D eigenvalue weighted by molar-refractivity contribution is -0.384. The van der Waals surface area contributed by atoms with Gasteiger partial charge in [-0.3, -0.25) is 24.7 Å². The zero-order valence-electron chi connectivity index (χ0n) is 32.0. The van der Waals surface area contributed by atoms with E-state index in [9.17, 15) is 23.3 Å². The highest BCUT2D eigenvalue weighted by Gasteiger charge is 2.51. The largest absolute Gasteiger partial charge is 0.379 e. The summed E-state index contributed by atoms with van der Waals surface area (Å²) in [4.78, 5) is 33.0. The Morgan fingerprint density at radius 2 is 1.54 bits per heavy atom. The number of hydrogen-bond acceptors (Lipinski definition) is 11. The molecule has 4 aliphatic carbocycles. The number of sulfonamides is 1. The summed E-state index contributed by atoms with van der Waals surface area (Å²) in [6.07, 6.45) is 9.38. The second-order valence-corrected chi connectivity index (χ2v) is 19.6. The fourth-order valence-electron chi connectivity index (χ4n) is 10.4. The molecule has 300 valence electrons. The SMILES string of the molecule is O=C(NS(=O)(=O)c1ccc(N[C@H](CCN2CCOCC2)CSc2ccccc2)c([N+](=O)[O-])c1)c1ccc(N2CCN(CC34CC5CC(CC(C5)C3)C4)CC2)cc1. The molecule has 12 nitrogen and oxygen atoms in total. The first-order valence-corrected chi connectivity index (χ1v) is 22.7. The molecular formula is C42H54N6O6S2. The Bertz CT molecular complexity index is 1920. The number of thioether (sulfide) groups is 1. The number of morpholine rings is 1. The second-order valence-electron chi connectivity index (χ2n) is 16.8. The van der Waals surface area contributed by atoms with Crippen molar-refractivity contribution in [3.63, 3.8) is 0 Å². The third-order valence-electron chi connectivity index (χ3n) is 12.7. The lowest BCUT2D eigenvalue weighted by atomic mass is 9.49. The normalized spacial score (nSPS) is 25.9. The summed E-state index contributed by atoms with van der Waals surface area (Å²) < 4.78 is 34.5. The summed E-state index contributed by atoms with van der Waals surface area (Å²) in [5.74, 6) is 2.73. The minimum absolute atomic E-state index is 0.137. The van der Waals surface area contributed by atoms with E-state index in [1.54, 1.807) is 23.9 Å². The molecule has 3 aromatic rings. The number of nitro benzene ring substituents is 1. The van der Waals surface area contributed by atoms with Crippen LogP contribution in [0.25, 0.3) is 0 Å². The molecule has 1 atom stereocenters. The summed E-state index contributed by atoms with van der Waals surface area (Å²) >= 11 is 1.66. The zero-order valence-corrected chi connectivity index (χ0v) is 33.7. The van der Waals surface area contributed by atoms with Crippen molar-refractivity contribution in [1.29, 1.82) is 0 Å². The first kappa shape index (κ1) is 39.2. The summed E-state index contributed by atoms with van der Waals surface area (Å²) in [6.45, 7) is 8.91. The van der Waals surface area contributed by atoms with Crippen LogP contribution in [0.5, 0.6) is 0 Å². The van der Waals surface area contributed by atoms with E-state index in [1.165, 1.54) is 57.2 Å². The van der Waals surface area contributed by atoms with Crippen LogP contribution in [0.3, 0.4) is 0 Å². The molecule has 0 spiro atoms. The van der Waals surface area contributed by atoms with E-state index in [2.05, 4.69) is 24.7 Å². The zero-order chi connectivity index (χ0) is 38.7.